The first kappa shape index (κ1) is 16.0. The van der Waals surface area contributed by atoms with E-state index in [2.05, 4.69) is 10.4 Å². The van der Waals surface area contributed by atoms with E-state index in [4.69, 9.17) is 16.9 Å². The maximum Gasteiger partial charge on any atom is 0.230 e. The molecule has 1 unspecified atom stereocenters. The van der Waals surface area contributed by atoms with Gasteiger partial charge in [-0.05, 0) is 24.3 Å². The second kappa shape index (κ2) is 6.34. The van der Waals surface area contributed by atoms with E-state index < -0.39 is 5.92 Å². The fourth-order valence-electron chi connectivity index (χ4n) is 2.64. The molecule has 0 saturated carbocycles. The average Bonchev–Trinajstić information content (AvgIpc) is 3.12. The minimum Gasteiger partial charge on any atom is -0.312 e. The van der Waals surface area contributed by atoms with Crippen LogP contribution in [0.4, 0.5) is 11.5 Å². The van der Waals surface area contributed by atoms with E-state index in [-0.39, 0.29) is 30.3 Å². The van der Waals surface area contributed by atoms with Crippen LogP contribution >= 0.6 is 11.6 Å². The third-order valence-electron chi connectivity index (χ3n) is 3.93. The Kier molecular flexibility index (Phi) is 4.23. The van der Waals surface area contributed by atoms with Crippen molar-refractivity contribution in [3.8, 4) is 6.07 Å². The number of aromatic nitrogens is 2. The van der Waals surface area contributed by atoms with E-state index >= 15 is 0 Å². The normalized spacial score (nSPS) is 17.0. The van der Waals surface area contributed by atoms with Gasteiger partial charge in [0.1, 0.15) is 17.5 Å². The number of amides is 2. The summed E-state index contributed by atoms with van der Waals surface area (Å²) in [6.07, 6.45) is 1.50. The molecule has 1 aromatic heterocycles. The average molecular weight is 344 g/mol. The number of nitrogens with one attached hydrogen (secondary N) is 1. The van der Waals surface area contributed by atoms with Crippen molar-refractivity contribution >= 4 is 34.9 Å². The minimum atomic E-state index is -0.491. The standard InChI is InChI=1S/C16H14ClN5O2/c1-21-15(11(7-18)8-19-21)20-16(24)10-6-14(23)22(9-10)13-4-2-12(17)3-5-13/h2-5,8,10H,6,9H2,1H3,(H,20,24). The molecule has 7 nitrogen and oxygen atoms in total. The molecule has 24 heavy (non-hydrogen) atoms. The number of carbonyl (C=O) groups excluding carboxylic acids is 2. The maximum atomic E-state index is 12.4. The van der Waals surface area contributed by atoms with Gasteiger partial charge in [-0.2, -0.15) is 10.4 Å². The van der Waals surface area contributed by atoms with Crippen LogP contribution in [-0.4, -0.2) is 28.1 Å². The Hall–Kier alpha value is -2.85. The highest BCUT2D eigenvalue weighted by Gasteiger charge is 2.35. The zero-order valence-electron chi connectivity index (χ0n) is 12.9. The molecule has 122 valence electrons. The topological polar surface area (TPSA) is 91.0 Å². The maximum absolute atomic E-state index is 12.4. The van der Waals surface area contributed by atoms with Crippen molar-refractivity contribution in [2.75, 3.05) is 16.8 Å². The van der Waals surface area contributed by atoms with Crippen molar-refractivity contribution in [2.45, 2.75) is 6.42 Å². The molecule has 1 aromatic carbocycles. The number of aryl methyl sites for hydroxylation is 1. The summed E-state index contributed by atoms with van der Waals surface area (Å²) in [7, 11) is 1.64. The van der Waals surface area contributed by atoms with Gasteiger partial charge in [-0.1, -0.05) is 11.6 Å². The summed E-state index contributed by atoms with van der Waals surface area (Å²) in [5, 5.41) is 16.3. The number of hydrogen-bond acceptors (Lipinski definition) is 4. The van der Waals surface area contributed by atoms with Gasteiger partial charge >= 0.3 is 0 Å². The third kappa shape index (κ3) is 2.96. The summed E-state index contributed by atoms with van der Waals surface area (Å²) < 4.78 is 1.42. The molecule has 0 bridgehead atoms. The molecular weight excluding hydrogens is 330 g/mol. The highest BCUT2D eigenvalue weighted by atomic mass is 35.5. The lowest BCUT2D eigenvalue weighted by Crippen LogP contribution is -2.28. The van der Waals surface area contributed by atoms with E-state index in [1.165, 1.54) is 10.9 Å². The second-order valence-corrected chi connectivity index (χ2v) is 5.95. The number of halogens is 1. The molecule has 0 aliphatic carbocycles. The summed E-state index contributed by atoms with van der Waals surface area (Å²) >= 11 is 5.85. The van der Waals surface area contributed by atoms with Gasteiger partial charge in [-0.15, -0.1) is 0 Å². The monoisotopic (exact) mass is 343 g/mol. The van der Waals surface area contributed by atoms with E-state index in [0.717, 1.165) is 0 Å². The Balaban J connectivity index is 1.73. The van der Waals surface area contributed by atoms with Gasteiger partial charge in [-0.3, -0.25) is 14.3 Å². The predicted octanol–water partition coefficient (Wildman–Crippen LogP) is 1.94. The lowest BCUT2D eigenvalue weighted by molar-refractivity contribution is -0.122. The molecule has 1 fully saturated rings. The smallest absolute Gasteiger partial charge is 0.230 e. The summed E-state index contributed by atoms with van der Waals surface area (Å²) in [4.78, 5) is 26.2. The Morgan fingerprint density at radius 3 is 2.79 bits per heavy atom. The lowest BCUT2D eigenvalue weighted by Gasteiger charge is -2.16. The van der Waals surface area contributed by atoms with Crippen LogP contribution < -0.4 is 10.2 Å². The third-order valence-corrected chi connectivity index (χ3v) is 4.19. The molecule has 1 aliphatic heterocycles. The number of benzene rings is 1. The first-order chi connectivity index (χ1) is 11.5. The van der Waals surface area contributed by atoms with Crippen LogP contribution in [0.3, 0.4) is 0 Å². The predicted molar refractivity (Wildman–Crippen MR) is 88.5 cm³/mol. The molecule has 1 aliphatic rings. The first-order valence-corrected chi connectivity index (χ1v) is 7.66. The number of rotatable bonds is 3. The fourth-order valence-corrected chi connectivity index (χ4v) is 2.77. The highest BCUT2D eigenvalue weighted by molar-refractivity contribution is 6.30. The summed E-state index contributed by atoms with van der Waals surface area (Å²) in [5.41, 5.74) is 0.989. The van der Waals surface area contributed by atoms with Gasteiger partial charge in [0.2, 0.25) is 11.8 Å². The zero-order valence-corrected chi connectivity index (χ0v) is 13.6. The van der Waals surface area contributed by atoms with Crippen LogP contribution in [0, 0.1) is 17.2 Å². The van der Waals surface area contributed by atoms with Gasteiger partial charge in [0.15, 0.2) is 0 Å². The molecule has 2 aromatic rings. The van der Waals surface area contributed by atoms with Crippen molar-refractivity contribution in [2.24, 2.45) is 13.0 Å². The molecule has 8 heteroatoms. The van der Waals surface area contributed by atoms with Gasteiger partial charge in [-0.25, -0.2) is 0 Å². The molecule has 0 radical (unpaired) electrons. The van der Waals surface area contributed by atoms with Crippen molar-refractivity contribution in [3.63, 3.8) is 0 Å². The molecule has 2 heterocycles. The molecule has 3 rings (SSSR count). The first-order valence-electron chi connectivity index (χ1n) is 7.28. The van der Waals surface area contributed by atoms with Crippen LogP contribution in [0.1, 0.15) is 12.0 Å². The number of nitriles is 1. The minimum absolute atomic E-state index is 0.119. The van der Waals surface area contributed by atoms with Gasteiger partial charge < -0.3 is 10.2 Å². The van der Waals surface area contributed by atoms with Crippen LogP contribution in [0.15, 0.2) is 30.5 Å². The quantitative estimate of drug-likeness (QED) is 0.921. The van der Waals surface area contributed by atoms with Crippen LogP contribution in [0.25, 0.3) is 0 Å². The van der Waals surface area contributed by atoms with Crippen molar-refractivity contribution in [1.29, 1.82) is 5.26 Å². The Morgan fingerprint density at radius 2 is 2.12 bits per heavy atom. The molecular formula is C16H14ClN5O2. The van der Waals surface area contributed by atoms with E-state index in [1.807, 2.05) is 6.07 Å². The van der Waals surface area contributed by atoms with Gasteiger partial charge in [0.05, 0.1) is 12.1 Å². The number of hydrogen-bond donors (Lipinski definition) is 1. The molecule has 1 atom stereocenters. The van der Waals surface area contributed by atoms with Crippen LogP contribution in [-0.2, 0) is 16.6 Å². The van der Waals surface area contributed by atoms with Gasteiger partial charge in [0, 0.05) is 30.7 Å². The largest absolute Gasteiger partial charge is 0.312 e. The van der Waals surface area contributed by atoms with Crippen LogP contribution in [0.2, 0.25) is 5.02 Å². The Morgan fingerprint density at radius 1 is 1.42 bits per heavy atom. The number of nitrogens with zero attached hydrogens (tertiary/aromatic N) is 4. The van der Waals surface area contributed by atoms with E-state index in [1.54, 1.807) is 36.2 Å². The summed E-state index contributed by atoms with van der Waals surface area (Å²) in [6.45, 7) is 0.284. The van der Waals surface area contributed by atoms with Crippen LogP contribution in [0.5, 0.6) is 0 Å². The lowest BCUT2D eigenvalue weighted by atomic mass is 10.1. The molecule has 1 N–H and O–H groups in total. The van der Waals surface area contributed by atoms with Gasteiger partial charge in [0.25, 0.3) is 0 Å². The molecule has 0 spiro atoms. The van der Waals surface area contributed by atoms with E-state index in [9.17, 15) is 9.59 Å². The Bertz CT molecular complexity index is 837. The zero-order chi connectivity index (χ0) is 17.3. The summed E-state index contributed by atoms with van der Waals surface area (Å²) in [5.74, 6) is -0.586. The Labute approximate surface area is 143 Å². The fraction of sp³-hybridized carbons (Fsp3) is 0.250. The molecule has 1 saturated heterocycles. The summed E-state index contributed by atoms with van der Waals surface area (Å²) in [6, 6.07) is 8.87. The number of anilines is 2. The number of carbonyl (C=O) groups is 2. The van der Waals surface area contributed by atoms with Crippen molar-refractivity contribution in [3.05, 3.63) is 41.0 Å². The second-order valence-electron chi connectivity index (χ2n) is 5.51. The molecule has 2 amide bonds. The highest BCUT2D eigenvalue weighted by Crippen LogP contribution is 2.27. The van der Waals surface area contributed by atoms with E-state index in [0.29, 0.717) is 16.5 Å². The SMILES string of the molecule is Cn1ncc(C#N)c1NC(=O)C1CC(=O)N(c2ccc(Cl)cc2)C1. The van der Waals surface area contributed by atoms with Crippen molar-refractivity contribution < 1.29 is 9.59 Å². The van der Waals surface area contributed by atoms with Crippen molar-refractivity contribution in [1.82, 2.24) is 9.78 Å².